The first kappa shape index (κ1) is 19.7. The van der Waals surface area contributed by atoms with E-state index in [-0.39, 0.29) is 12.2 Å². The molecular formula is C18H14BrF3N2O2. The van der Waals surface area contributed by atoms with E-state index in [2.05, 4.69) is 21.2 Å². The van der Waals surface area contributed by atoms with Gasteiger partial charge in [0.1, 0.15) is 0 Å². The lowest BCUT2D eigenvalue weighted by Crippen LogP contribution is -2.30. The average molecular weight is 427 g/mol. The van der Waals surface area contributed by atoms with Gasteiger partial charge in [0, 0.05) is 22.8 Å². The van der Waals surface area contributed by atoms with Crippen LogP contribution in [0.3, 0.4) is 0 Å². The van der Waals surface area contributed by atoms with Crippen LogP contribution >= 0.6 is 15.9 Å². The summed E-state index contributed by atoms with van der Waals surface area (Å²) in [5.41, 5.74) is 1.17. The number of nitrogens with one attached hydrogen (secondary N) is 2. The molecule has 0 unspecified atom stereocenters. The predicted octanol–water partition coefficient (Wildman–Crippen LogP) is 4.28. The standard InChI is InChI=1S/C18H14BrF3N2O2/c19-14-8-5-12(6-9-14)7-10-16(25)23-11-13-3-1-2-4-15(13)24-17(26)18(20,21)22/h1-10H,11H2,(H,23,25)(H,24,26)/b10-7+. The van der Waals surface area contributed by atoms with Gasteiger partial charge in [-0.15, -0.1) is 0 Å². The summed E-state index contributed by atoms with van der Waals surface area (Å²) in [5, 5.41) is 4.37. The quantitative estimate of drug-likeness (QED) is 0.701. The topological polar surface area (TPSA) is 58.2 Å². The van der Waals surface area contributed by atoms with Crippen LogP contribution in [-0.2, 0) is 16.1 Å². The molecule has 136 valence electrons. The van der Waals surface area contributed by atoms with Gasteiger partial charge in [-0.3, -0.25) is 9.59 Å². The summed E-state index contributed by atoms with van der Waals surface area (Å²) in [5.74, 6) is -2.48. The van der Waals surface area contributed by atoms with Crippen LogP contribution in [0.5, 0.6) is 0 Å². The van der Waals surface area contributed by atoms with Gasteiger partial charge in [0.25, 0.3) is 0 Å². The van der Waals surface area contributed by atoms with E-state index in [0.29, 0.717) is 5.56 Å². The van der Waals surface area contributed by atoms with Gasteiger partial charge in [0.15, 0.2) is 0 Å². The van der Waals surface area contributed by atoms with Gasteiger partial charge in [-0.1, -0.05) is 46.3 Å². The number of anilines is 1. The van der Waals surface area contributed by atoms with E-state index in [1.807, 2.05) is 24.3 Å². The maximum absolute atomic E-state index is 12.4. The summed E-state index contributed by atoms with van der Waals surface area (Å²) in [7, 11) is 0. The molecule has 0 bridgehead atoms. The van der Waals surface area contributed by atoms with Crippen molar-refractivity contribution >= 4 is 39.5 Å². The van der Waals surface area contributed by atoms with E-state index in [0.717, 1.165) is 10.0 Å². The molecule has 0 saturated carbocycles. The number of alkyl halides is 3. The smallest absolute Gasteiger partial charge is 0.348 e. The zero-order valence-electron chi connectivity index (χ0n) is 13.3. The zero-order chi connectivity index (χ0) is 19.2. The second kappa shape index (κ2) is 8.66. The Hall–Kier alpha value is -2.61. The van der Waals surface area contributed by atoms with Crippen LogP contribution in [0.15, 0.2) is 59.1 Å². The lowest BCUT2D eigenvalue weighted by molar-refractivity contribution is -0.167. The zero-order valence-corrected chi connectivity index (χ0v) is 14.9. The number of carbonyl (C=O) groups is 2. The highest BCUT2D eigenvalue weighted by molar-refractivity contribution is 9.10. The van der Waals surface area contributed by atoms with Crippen LogP contribution in [0.25, 0.3) is 6.08 Å². The number of carbonyl (C=O) groups excluding carboxylic acids is 2. The molecule has 2 rings (SSSR count). The van der Waals surface area contributed by atoms with Crippen LogP contribution in [-0.4, -0.2) is 18.0 Å². The minimum absolute atomic E-state index is 0.00739. The van der Waals surface area contributed by atoms with Gasteiger partial charge in [-0.25, -0.2) is 0 Å². The van der Waals surface area contributed by atoms with Gasteiger partial charge in [0.2, 0.25) is 5.91 Å². The first-order valence-electron chi connectivity index (χ1n) is 7.43. The largest absolute Gasteiger partial charge is 0.471 e. The number of hydrogen-bond acceptors (Lipinski definition) is 2. The van der Waals surface area contributed by atoms with E-state index in [9.17, 15) is 22.8 Å². The molecule has 2 aromatic carbocycles. The molecule has 0 atom stereocenters. The molecule has 8 heteroatoms. The fourth-order valence-electron chi connectivity index (χ4n) is 1.98. The lowest BCUT2D eigenvalue weighted by atomic mass is 10.1. The predicted molar refractivity (Wildman–Crippen MR) is 96.1 cm³/mol. The third-order valence-corrected chi connectivity index (χ3v) is 3.80. The average Bonchev–Trinajstić information content (AvgIpc) is 2.59. The second-order valence-corrected chi connectivity index (χ2v) is 6.13. The monoisotopic (exact) mass is 426 g/mol. The number of hydrogen-bond donors (Lipinski definition) is 2. The molecule has 0 aromatic heterocycles. The van der Waals surface area contributed by atoms with Gasteiger partial charge in [-0.2, -0.15) is 13.2 Å². The van der Waals surface area contributed by atoms with Crippen LogP contribution < -0.4 is 10.6 Å². The number of para-hydroxylation sites is 1. The molecule has 0 saturated heterocycles. The van der Waals surface area contributed by atoms with Gasteiger partial charge in [-0.05, 0) is 35.4 Å². The van der Waals surface area contributed by atoms with Crippen molar-refractivity contribution < 1.29 is 22.8 Å². The molecule has 4 nitrogen and oxygen atoms in total. The van der Waals surface area contributed by atoms with Crippen molar-refractivity contribution in [1.82, 2.24) is 5.32 Å². The summed E-state index contributed by atoms with van der Waals surface area (Å²) < 4.78 is 38.0. The Labute approximate surface area is 156 Å². The van der Waals surface area contributed by atoms with Crippen molar-refractivity contribution in [2.45, 2.75) is 12.7 Å². The van der Waals surface area contributed by atoms with Crippen molar-refractivity contribution in [2.24, 2.45) is 0 Å². The maximum atomic E-state index is 12.4. The molecule has 0 radical (unpaired) electrons. The maximum Gasteiger partial charge on any atom is 0.471 e. The summed E-state index contributed by atoms with van der Waals surface area (Å²) in [4.78, 5) is 22.9. The Bertz CT molecular complexity index is 818. The van der Waals surface area contributed by atoms with E-state index in [4.69, 9.17) is 0 Å². The van der Waals surface area contributed by atoms with E-state index in [1.165, 1.54) is 24.3 Å². The molecule has 0 aliphatic rings. The van der Waals surface area contributed by atoms with E-state index >= 15 is 0 Å². The Morgan fingerprint density at radius 3 is 2.35 bits per heavy atom. The van der Waals surface area contributed by atoms with E-state index in [1.54, 1.807) is 17.5 Å². The minimum Gasteiger partial charge on any atom is -0.348 e. The Morgan fingerprint density at radius 2 is 1.69 bits per heavy atom. The van der Waals surface area contributed by atoms with Gasteiger partial charge in [0.05, 0.1) is 0 Å². The Kier molecular flexibility index (Phi) is 6.57. The second-order valence-electron chi connectivity index (χ2n) is 5.21. The SMILES string of the molecule is O=C(/C=C/c1ccc(Br)cc1)NCc1ccccc1NC(=O)C(F)(F)F. The van der Waals surface area contributed by atoms with Crippen molar-refractivity contribution in [2.75, 3.05) is 5.32 Å². The highest BCUT2D eigenvalue weighted by Gasteiger charge is 2.38. The summed E-state index contributed by atoms with van der Waals surface area (Å²) in [6.07, 6.45) is -2.05. The minimum atomic E-state index is -4.98. The molecule has 2 N–H and O–H groups in total. The van der Waals surface area contributed by atoms with Crippen LogP contribution in [0, 0.1) is 0 Å². The third kappa shape index (κ3) is 6.03. The fraction of sp³-hybridized carbons (Fsp3) is 0.111. The Balaban J connectivity index is 1.97. The molecule has 2 amide bonds. The first-order chi connectivity index (χ1) is 12.3. The first-order valence-corrected chi connectivity index (χ1v) is 8.22. The molecule has 0 spiro atoms. The molecule has 2 aromatic rings. The third-order valence-electron chi connectivity index (χ3n) is 3.27. The number of rotatable bonds is 5. The van der Waals surface area contributed by atoms with Crippen LogP contribution in [0.4, 0.5) is 18.9 Å². The van der Waals surface area contributed by atoms with Gasteiger partial charge >= 0.3 is 12.1 Å². The summed E-state index contributed by atoms with van der Waals surface area (Å²) in [6, 6.07) is 13.2. The normalized spacial score (nSPS) is 11.4. The van der Waals surface area contributed by atoms with Crippen molar-refractivity contribution in [3.8, 4) is 0 Å². The highest BCUT2D eigenvalue weighted by atomic mass is 79.9. The van der Waals surface area contributed by atoms with Gasteiger partial charge < -0.3 is 10.6 Å². The molecular weight excluding hydrogens is 413 g/mol. The molecule has 0 aliphatic carbocycles. The molecule has 26 heavy (non-hydrogen) atoms. The molecule has 0 fully saturated rings. The van der Waals surface area contributed by atoms with Crippen molar-refractivity contribution in [1.29, 1.82) is 0 Å². The van der Waals surface area contributed by atoms with Crippen molar-refractivity contribution in [3.05, 3.63) is 70.2 Å². The Morgan fingerprint density at radius 1 is 1.04 bits per heavy atom. The highest BCUT2D eigenvalue weighted by Crippen LogP contribution is 2.21. The van der Waals surface area contributed by atoms with Crippen LogP contribution in [0.2, 0.25) is 0 Å². The number of benzene rings is 2. The number of halogens is 4. The summed E-state index contributed by atoms with van der Waals surface area (Å²) >= 11 is 3.31. The van der Waals surface area contributed by atoms with Crippen molar-refractivity contribution in [3.63, 3.8) is 0 Å². The summed E-state index contributed by atoms with van der Waals surface area (Å²) in [6.45, 7) is -0.0299. The van der Waals surface area contributed by atoms with E-state index < -0.39 is 18.0 Å². The fourth-order valence-corrected chi connectivity index (χ4v) is 2.24. The lowest BCUT2D eigenvalue weighted by Gasteiger charge is -2.12. The number of amides is 2. The molecule has 0 heterocycles. The van der Waals surface area contributed by atoms with Crippen LogP contribution in [0.1, 0.15) is 11.1 Å². The molecule has 0 aliphatic heterocycles.